The Labute approximate surface area is 226 Å². The molecule has 0 saturated carbocycles. The zero-order chi connectivity index (χ0) is 25.7. The van der Waals surface area contributed by atoms with E-state index < -0.39 is 0 Å². The third kappa shape index (κ3) is 3.60. The number of allylic oxidation sites excluding steroid dienone is 8. The third-order valence-corrected chi connectivity index (χ3v) is 9.42. The van der Waals surface area contributed by atoms with E-state index in [-0.39, 0.29) is 5.54 Å². The van der Waals surface area contributed by atoms with Gasteiger partial charge in [0.1, 0.15) is 6.20 Å². The van der Waals surface area contributed by atoms with Gasteiger partial charge < -0.3 is 10.3 Å². The standard InChI is InChI=1S/C35H38N3/c1-25(2)29-13-14-31-30(22-37-33(31)21-29)10-9-26-15-17-35-16-3-4-19-38(35,24-26)20-6-8-28-12-11-27-7-5-18-36-23-32(27)34(28)35/h5-7,9-10,13-15,17-18,20-25,36-37H,3-4,8,11-12,16,19H2,1-2H3/q+1/b10-9+. The fourth-order valence-electron chi connectivity index (χ4n) is 7.45. The molecule has 3 heteroatoms. The van der Waals surface area contributed by atoms with E-state index in [0.717, 1.165) is 23.9 Å². The number of H-pyrrole nitrogens is 1. The molecule has 0 bridgehead atoms. The first-order valence-corrected chi connectivity index (χ1v) is 14.4. The topological polar surface area (TPSA) is 27.8 Å². The van der Waals surface area contributed by atoms with E-state index in [1.165, 1.54) is 64.4 Å². The predicted octanol–water partition coefficient (Wildman–Crippen LogP) is 8.43. The van der Waals surface area contributed by atoms with Crippen molar-refractivity contribution in [2.24, 2.45) is 0 Å². The molecule has 7 rings (SSSR count). The van der Waals surface area contributed by atoms with E-state index in [0.29, 0.717) is 5.92 Å². The Bertz CT molecular complexity index is 1550. The van der Waals surface area contributed by atoms with E-state index in [9.17, 15) is 0 Å². The Balaban J connectivity index is 1.29. The minimum atomic E-state index is -0.0245. The number of fused-ring (bicyclic) bond motifs is 3. The van der Waals surface area contributed by atoms with Crippen molar-refractivity contribution in [1.29, 1.82) is 0 Å². The summed E-state index contributed by atoms with van der Waals surface area (Å²) >= 11 is 0. The maximum absolute atomic E-state index is 3.50. The van der Waals surface area contributed by atoms with Gasteiger partial charge in [0.2, 0.25) is 0 Å². The maximum Gasteiger partial charge on any atom is 0.153 e. The maximum atomic E-state index is 3.50. The Kier molecular flexibility index (Phi) is 5.59. The monoisotopic (exact) mass is 500 g/mol. The Morgan fingerprint density at radius 2 is 2.05 bits per heavy atom. The molecular formula is C35H38N3+. The van der Waals surface area contributed by atoms with Crippen molar-refractivity contribution in [3.63, 3.8) is 0 Å². The SMILES string of the molecule is CC(C)c1ccc2c(/C=C/C3=C[N+]45C=CCC6=C(C7=CNC=CC=C7CC6)C4(C=C3)CCCC5)c[nH]c2c1. The van der Waals surface area contributed by atoms with Crippen LogP contribution in [0, 0.1) is 0 Å². The highest BCUT2D eigenvalue weighted by atomic mass is 15.4. The largest absolute Gasteiger partial charge is 0.367 e. The summed E-state index contributed by atoms with van der Waals surface area (Å²) in [7, 11) is 0. The molecule has 192 valence electrons. The third-order valence-electron chi connectivity index (χ3n) is 9.42. The van der Waals surface area contributed by atoms with Gasteiger partial charge >= 0.3 is 0 Å². The molecule has 3 nitrogen and oxygen atoms in total. The molecule has 0 spiro atoms. The van der Waals surface area contributed by atoms with Crippen molar-refractivity contribution in [3.8, 4) is 0 Å². The molecule has 2 N–H and O–H groups in total. The summed E-state index contributed by atoms with van der Waals surface area (Å²) in [6.07, 6.45) is 35.2. The number of hydrogen-bond donors (Lipinski definition) is 2. The number of nitrogens with one attached hydrogen (secondary N) is 2. The molecule has 1 aliphatic carbocycles. The lowest BCUT2D eigenvalue weighted by Gasteiger charge is -2.54. The number of quaternary nitrogens is 1. The van der Waals surface area contributed by atoms with Gasteiger partial charge in [0.15, 0.2) is 5.54 Å². The zero-order valence-corrected chi connectivity index (χ0v) is 22.6. The van der Waals surface area contributed by atoms with Gasteiger partial charge in [-0.25, -0.2) is 0 Å². The molecule has 1 aromatic heterocycles. The van der Waals surface area contributed by atoms with Gasteiger partial charge in [0.05, 0.1) is 12.7 Å². The number of nitrogens with zero attached hydrogens (tertiary/aromatic N) is 1. The molecule has 1 fully saturated rings. The summed E-state index contributed by atoms with van der Waals surface area (Å²) in [6.45, 7) is 5.65. The molecule has 1 aromatic carbocycles. The van der Waals surface area contributed by atoms with Gasteiger partial charge in [-0.05, 0) is 91.2 Å². The summed E-state index contributed by atoms with van der Waals surface area (Å²) < 4.78 is 0.908. The van der Waals surface area contributed by atoms with Crippen molar-refractivity contribution < 1.29 is 4.48 Å². The average Bonchev–Trinajstić information content (AvgIpc) is 3.09. The zero-order valence-electron chi connectivity index (χ0n) is 22.6. The first kappa shape index (κ1) is 23.5. The van der Waals surface area contributed by atoms with Crippen LogP contribution in [0.25, 0.3) is 17.0 Å². The van der Waals surface area contributed by atoms with E-state index in [1.54, 1.807) is 11.1 Å². The molecule has 38 heavy (non-hydrogen) atoms. The van der Waals surface area contributed by atoms with E-state index in [4.69, 9.17) is 0 Å². The molecule has 2 atom stereocenters. The molecule has 4 aliphatic heterocycles. The van der Waals surface area contributed by atoms with Gasteiger partial charge in [-0.1, -0.05) is 43.7 Å². The van der Waals surface area contributed by atoms with Crippen molar-refractivity contribution in [2.45, 2.75) is 63.8 Å². The van der Waals surface area contributed by atoms with Crippen LogP contribution in [0.1, 0.15) is 69.4 Å². The van der Waals surface area contributed by atoms with Gasteiger partial charge in [0.25, 0.3) is 0 Å². The lowest BCUT2D eigenvalue weighted by Crippen LogP contribution is -2.62. The molecule has 2 aromatic rings. The first-order chi connectivity index (χ1) is 18.6. The quantitative estimate of drug-likeness (QED) is 0.407. The van der Waals surface area contributed by atoms with Crippen LogP contribution in [0.15, 0.2) is 114 Å². The van der Waals surface area contributed by atoms with Crippen molar-refractivity contribution in [3.05, 3.63) is 125 Å². The molecule has 5 aliphatic rings. The number of benzene rings is 1. The van der Waals surface area contributed by atoms with Crippen LogP contribution >= 0.6 is 0 Å². The van der Waals surface area contributed by atoms with Crippen LogP contribution in [0.3, 0.4) is 0 Å². The number of aromatic amines is 1. The van der Waals surface area contributed by atoms with Gasteiger partial charge in [-0.15, -0.1) is 0 Å². The summed E-state index contributed by atoms with van der Waals surface area (Å²) in [5.41, 5.74) is 11.2. The Morgan fingerprint density at radius 3 is 2.97 bits per heavy atom. The average molecular weight is 501 g/mol. The first-order valence-electron chi connectivity index (χ1n) is 14.4. The predicted molar refractivity (Wildman–Crippen MR) is 159 cm³/mol. The van der Waals surface area contributed by atoms with Crippen LogP contribution in [0.2, 0.25) is 0 Å². The smallest absolute Gasteiger partial charge is 0.153 e. The molecule has 2 unspecified atom stereocenters. The molecular weight excluding hydrogens is 462 g/mol. The fourth-order valence-corrected chi connectivity index (χ4v) is 7.45. The Morgan fingerprint density at radius 1 is 1.11 bits per heavy atom. The molecule has 0 amide bonds. The van der Waals surface area contributed by atoms with Crippen LogP contribution < -0.4 is 5.32 Å². The summed E-state index contributed by atoms with van der Waals surface area (Å²) in [6, 6.07) is 6.84. The summed E-state index contributed by atoms with van der Waals surface area (Å²) in [5, 5.41) is 4.73. The fraction of sp³-hybridized carbons (Fsp3) is 0.314. The van der Waals surface area contributed by atoms with Crippen molar-refractivity contribution in [1.82, 2.24) is 10.3 Å². The van der Waals surface area contributed by atoms with Crippen LogP contribution in [0.4, 0.5) is 0 Å². The van der Waals surface area contributed by atoms with E-state index in [1.807, 2.05) is 0 Å². The second-order valence-corrected chi connectivity index (χ2v) is 11.9. The highest BCUT2D eigenvalue weighted by molar-refractivity contribution is 5.89. The number of rotatable bonds is 3. The van der Waals surface area contributed by atoms with Gasteiger partial charge in [-0.2, -0.15) is 0 Å². The number of piperidine rings is 1. The van der Waals surface area contributed by atoms with Gasteiger partial charge in [-0.3, -0.25) is 4.48 Å². The van der Waals surface area contributed by atoms with Crippen molar-refractivity contribution in [2.75, 3.05) is 6.54 Å². The highest BCUT2D eigenvalue weighted by Gasteiger charge is 2.56. The number of hydrogen-bond acceptors (Lipinski definition) is 1. The molecule has 5 heterocycles. The van der Waals surface area contributed by atoms with Crippen LogP contribution in [-0.2, 0) is 0 Å². The normalized spacial score (nSPS) is 28.1. The van der Waals surface area contributed by atoms with Crippen LogP contribution in [-0.4, -0.2) is 21.6 Å². The van der Waals surface area contributed by atoms with Crippen LogP contribution in [0.5, 0.6) is 0 Å². The minimum Gasteiger partial charge on any atom is -0.367 e. The van der Waals surface area contributed by atoms with E-state index >= 15 is 0 Å². The van der Waals surface area contributed by atoms with Crippen molar-refractivity contribution >= 4 is 17.0 Å². The molecule has 1 saturated heterocycles. The Hall–Kier alpha value is -3.56. The lowest BCUT2D eigenvalue weighted by molar-refractivity contribution is -0.876. The number of aromatic nitrogens is 1. The second-order valence-electron chi connectivity index (χ2n) is 11.9. The summed E-state index contributed by atoms with van der Waals surface area (Å²) in [4.78, 5) is 3.50. The summed E-state index contributed by atoms with van der Waals surface area (Å²) in [5.74, 6) is 0.534. The highest BCUT2D eigenvalue weighted by Crippen LogP contribution is 2.54. The minimum absolute atomic E-state index is 0.0245. The second kappa shape index (κ2) is 9.03. The van der Waals surface area contributed by atoms with Gasteiger partial charge in [0, 0.05) is 52.6 Å². The lowest BCUT2D eigenvalue weighted by atomic mass is 9.67. The molecule has 0 radical (unpaired) electrons. The van der Waals surface area contributed by atoms with E-state index in [2.05, 4.69) is 116 Å².